The van der Waals surface area contributed by atoms with Crippen molar-refractivity contribution in [3.8, 4) is 17.5 Å². The van der Waals surface area contributed by atoms with E-state index in [1.165, 1.54) is 29.2 Å². The lowest BCUT2D eigenvalue weighted by molar-refractivity contribution is -0.454. The third-order valence-corrected chi connectivity index (χ3v) is 6.22. The minimum Gasteiger partial charge on any atom is -0.489 e. The fourth-order valence-corrected chi connectivity index (χ4v) is 4.17. The van der Waals surface area contributed by atoms with Gasteiger partial charge in [-0.3, -0.25) is 4.90 Å². The first-order valence-electron chi connectivity index (χ1n) is 12.4. The van der Waals surface area contributed by atoms with Gasteiger partial charge in [-0.15, -0.1) is 5.10 Å². The van der Waals surface area contributed by atoms with Gasteiger partial charge in [-0.1, -0.05) is 0 Å². The third kappa shape index (κ3) is 6.52. The van der Waals surface area contributed by atoms with Crippen LogP contribution in [0.5, 0.6) is 5.75 Å². The van der Waals surface area contributed by atoms with Gasteiger partial charge in [-0.2, -0.15) is 9.50 Å². The number of aliphatic hydroxyl groups is 3. The fraction of sp³-hybridized carbons (Fsp3) is 0.435. The van der Waals surface area contributed by atoms with E-state index in [1.54, 1.807) is 6.07 Å². The number of nitrogens with two attached hydrogens (primary N) is 1. The quantitative estimate of drug-likeness (QED) is 0.130. The van der Waals surface area contributed by atoms with Crippen LogP contribution in [0.1, 0.15) is 0 Å². The monoisotopic (exact) mass is 560 g/mol. The Morgan fingerprint density at radius 3 is 2.62 bits per heavy atom. The summed E-state index contributed by atoms with van der Waals surface area (Å²) in [6, 6.07) is 2.99. The fourth-order valence-electron chi connectivity index (χ4n) is 4.17. The van der Waals surface area contributed by atoms with E-state index in [4.69, 9.17) is 30.2 Å². The zero-order chi connectivity index (χ0) is 28.3. The van der Waals surface area contributed by atoms with E-state index in [-0.39, 0.29) is 30.7 Å². The molecule has 40 heavy (non-hydrogen) atoms. The number of fused-ring (bicyclic) bond motifs is 1. The van der Waals surface area contributed by atoms with Crippen molar-refractivity contribution in [1.29, 1.82) is 0 Å². The molecule has 0 saturated carbocycles. The average Bonchev–Trinajstić information content (AvgIpc) is 3.60. The van der Waals surface area contributed by atoms with Gasteiger partial charge in [0, 0.05) is 58.4 Å². The number of aromatic nitrogens is 6. The van der Waals surface area contributed by atoms with Gasteiger partial charge in [0.15, 0.2) is 17.3 Å². The van der Waals surface area contributed by atoms with Gasteiger partial charge in [-0.25, -0.2) is 19.3 Å². The first-order chi connectivity index (χ1) is 19.2. The predicted octanol–water partition coefficient (Wildman–Crippen LogP) is -0.862. The second-order valence-electron chi connectivity index (χ2n) is 9.01. The van der Waals surface area contributed by atoms with Crippen LogP contribution in [-0.4, -0.2) is 115 Å². The number of likely N-dealkylation sites (N-methyl/N-ethyl adjacent to an activating group) is 1. The molecule has 5 rings (SSSR count). The Bertz CT molecular complexity index is 1420. The van der Waals surface area contributed by atoms with Gasteiger partial charge >= 0.3 is 6.16 Å². The maximum atomic E-state index is 14.7. The number of anilines is 3. The molecule has 0 bridgehead atoms. The van der Waals surface area contributed by atoms with Crippen molar-refractivity contribution in [3.63, 3.8) is 0 Å². The van der Waals surface area contributed by atoms with E-state index in [1.807, 2.05) is 16.8 Å². The van der Waals surface area contributed by atoms with Crippen molar-refractivity contribution >= 4 is 23.2 Å². The average molecular weight is 561 g/mol. The molecule has 0 unspecified atom stereocenters. The summed E-state index contributed by atoms with van der Waals surface area (Å²) in [5, 5.41) is 30.3. The highest BCUT2D eigenvalue weighted by molar-refractivity contribution is 5.58. The molecule has 1 fully saturated rings. The van der Waals surface area contributed by atoms with Gasteiger partial charge in [0.05, 0.1) is 19.0 Å². The SMILES string of the molecule is CN(CCN1CCN(c2ncc(OCCOC(O)(O)O)cc2F)CC1)c1cc2nc(-c3ncco3)nn2c(N)n1. The van der Waals surface area contributed by atoms with Crippen LogP contribution < -0.4 is 20.3 Å². The van der Waals surface area contributed by atoms with Gasteiger partial charge < -0.3 is 44.7 Å². The molecule has 17 heteroatoms. The lowest BCUT2D eigenvalue weighted by atomic mass is 10.3. The van der Waals surface area contributed by atoms with E-state index in [0.29, 0.717) is 55.9 Å². The Balaban J connectivity index is 1.11. The Hall–Kier alpha value is -4.16. The lowest BCUT2D eigenvalue weighted by Gasteiger charge is -2.36. The molecule has 214 valence electrons. The number of hydrogen-bond donors (Lipinski definition) is 4. The van der Waals surface area contributed by atoms with Crippen molar-refractivity contribution in [3.05, 3.63) is 36.6 Å². The van der Waals surface area contributed by atoms with E-state index in [2.05, 4.69) is 34.7 Å². The first kappa shape index (κ1) is 27.4. The van der Waals surface area contributed by atoms with Crippen LogP contribution in [-0.2, 0) is 4.74 Å². The number of rotatable bonds is 11. The molecule has 0 aliphatic carbocycles. The predicted molar refractivity (Wildman–Crippen MR) is 138 cm³/mol. The number of pyridine rings is 1. The lowest BCUT2D eigenvalue weighted by Crippen LogP contribution is -2.48. The molecule has 1 aliphatic heterocycles. The normalized spacial score (nSPS) is 14.7. The minimum atomic E-state index is -3.24. The molecule has 16 nitrogen and oxygen atoms in total. The Morgan fingerprint density at radius 2 is 1.93 bits per heavy atom. The number of piperazine rings is 1. The molecule has 0 aromatic carbocycles. The van der Waals surface area contributed by atoms with Gasteiger partial charge in [0.1, 0.15) is 24.4 Å². The highest BCUT2D eigenvalue weighted by atomic mass is 19.1. The largest absolute Gasteiger partial charge is 0.489 e. The Morgan fingerprint density at radius 1 is 1.12 bits per heavy atom. The van der Waals surface area contributed by atoms with Crippen LogP contribution in [0.15, 0.2) is 35.2 Å². The number of nitrogen functional groups attached to an aromatic ring is 1. The molecule has 1 aliphatic rings. The van der Waals surface area contributed by atoms with Crippen LogP contribution in [0.2, 0.25) is 0 Å². The maximum absolute atomic E-state index is 14.7. The van der Waals surface area contributed by atoms with Crippen molar-refractivity contribution in [2.24, 2.45) is 0 Å². The number of oxazole rings is 1. The van der Waals surface area contributed by atoms with Gasteiger partial charge in [0.25, 0.3) is 5.89 Å². The molecular weight excluding hydrogens is 531 g/mol. The summed E-state index contributed by atoms with van der Waals surface area (Å²) in [4.78, 5) is 23.3. The van der Waals surface area contributed by atoms with Gasteiger partial charge in [0.2, 0.25) is 11.8 Å². The van der Waals surface area contributed by atoms with Crippen molar-refractivity contribution < 1.29 is 33.6 Å². The summed E-state index contributed by atoms with van der Waals surface area (Å²) < 4.78 is 31.0. The molecule has 4 aromatic heterocycles. The Labute approximate surface area is 227 Å². The molecule has 0 radical (unpaired) electrons. The number of halogens is 1. The summed E-state index contributed by atoms with van der Waals surface area (Å²) in [6.45, 7) is 3.58. The summed E-state index contributed by atoms with van der Waals surface area (Å²) >= 11 is 0. The molecular formula is C23H29FN10O6. The van der Waals surface area contributed by atoms with E-state index in [0.717, 1.165) is 6.54 Å². The maximum Gasteiger partial charge on any atom is 0.405 e. The second-order valence-corrected chi connectivity index (χ2v) is 9.01. The molecule has 0 atom stereocenters. The number of ether oxygens (including phenoxy) is 2. The van der Waals surface area contributed by atoms with Crippen molar-refractivity contribution in [2.45, 2.75) is 6.16 Å². The number of nitrogens with zero attached hydrogens (tertiary/aromatic N) is 9. The van der Waals surface area contributed by atoms with Crippen LogP contribution >= 0.6 is 0 Å². The van der Waals surface area contributed by atoms with E-state index in [9.17, 15) is 4.39 Å². The Kier molecular flexibility index (Phi) is 7.90. The standard InChI is InChI=1S/C23H29FN10O6/c1-31(17-13-18-28-19(21-26-2-9-39-21)30-34(18)22(25)29-17)3-4-32-5-7-33(8-6-32)20-16(24)12-15(14-27-20)38-10-11-40-23(35,36)37/h2,9,12-14,35-37H,3-8,10-11H2,1H3,(H2,25,29). The molecule has 0 spiro atoms. The molecule has 1 saturated heterocycles. The highest BCUT2D eigenvalue weighted by Crippen LogP contribution is 2.23. The smallest absolute Gasteiger partial charge is 0.405 e. The first-order valence-corrected chi connectivity index (χ1v) is 12.4. The summed E-state index contributed by atoms with van der Waals surface area (Å²) in [5.74, 6) is 1.30. The highest BCUT2D eigenvalue weighted by Gasteiger charge is 2.22. The van der Waals surface area contributed by atoms with Crippen LogP contribution in [0.4, 0.5) is 22.0 Å². The molecule has 4 aromatic rings. The molecule has 5 heterocycles. The van der Waals surface area contributed by atoms with E-state index < -0.39 is 12.0 Å². The van der Waals surface area contributed by atoms with Crippen LogP contribution in [0, 0.1) is 5.82 Å². The molecule has 0 amide bonds. The van der Waals surface area contributed by atoms with Crippen LogP contribution in [0.3, 0.4) is 0 Å². The van der Waals surface area contributed by atoms with Gasteiger partial charge in [-0.05, 0) is 0 Å². The van der Waals surface area contributed by atoms with Crippen LogP contribution in [0.25, 0.3) is 17.4 Å². The van der Waals surface area contributed by atoms with E-state index >= 15 is 0 Å². The number of hydrogen-bond acceptors (Lipinski definition) is 15. The zero-order valence-electron chi connectivity index (χ0n) is 21.6. The zero-order valence-corrected chi connectivity index (χ0v) is 21.6. The summed E-state index contributed by atoms with van der Waals surface area (Å²) in [5.41, 5.74) is 6.64. The summed E-state index contributed by atoms with van der Waals surface area (Å²) in [6.07, 6.45) is 1.10. The minimum absolute atomic E-state index is 0.143. The third-order valence-electron chi connectivity index (χ3n) is 6.22. The summed E-state index contributed by atoms with van der Waals surface area (Å²) in [7, 11) is 1.92. The molecule has 5 N–H and O–H groups in total. The van der Waals surface area contributed by atoms with Crippen molar-refractivity contribution in [2.75, 3.05) is 75.1 Å². The topological polar surface area (TPSA) is 197 Å². The van der Waals surface area contributed by atoms with Crippen molar-refractivity contribution in [1.82, 2.24) is 34.4 Å². The second kappa shape index (κ2) is 11.5.